The number of nitrogens with zero attached hydrogens (tertiary/aromatic N) is 3. The van der Waals surface area contributed by atoms with E-state index in [-0.39, 0.29) is 22.0 Å². The number of ketones is 1. The first-order valence-corrected chi connectivity index (χ1v) is 11.8. The third kappa shape index (κ3) is 3.97. The number of carboxylic acid groups (broad SMARTS) is 1. The van der Waals surface area contributed by atoms with E-state index in [0.29, 0.717) is 33.7 Å². The summed E-state index contributed by atoms with van der Waals surface area (Å²) in [5.74, 6) is -2.65. The lowest BCUT2D eigenvalue weighted by molar-refractivity contribution is -0.132. The molecule has 2 aromatic carbocycles. The molecule has 1 amide bonds. The van der Waals surface area contributed by atoms with Crippen molar-refractivity contribution >= 4 is 50.1 Å². The molecule has 0 spiro atoms. The van der Waals surface area contributed by atoms with Crippen molar-refractivity contribution in [3.8, 4) is 5.75 Å². The molecule has 0 saturated carbocycles. The van der Waals surface area contributed by atoms with Crippen molar-refractivity contribution in [3.05, 3.63) is 89.3 Å². The molecule has 1 aliphatic rings. The van der Waals surface area contributed by atoms with E-state index in [9.17, 15) is 24.6 Å². The van der Waals surface area contributed by atoms with Crippen LogP contribution in [0.5, 0.6) is 5.75 Å². The number of rotatable bonds is 6. The van der Waals surface area contributed by atoms with E-state index in [2.05, 4.69) is 9.97 Å². The number of pyridine rings is 1. The zero-order chi connectivity index (χ0) is 25.4. The summed E-state index contributed by atoms with van der Waals surface area (Å²) >= 11 is 1.08. The Bertz CT molecular complexity index is 1550. The number of aliphatic hydroxyl groups excluding tert-OH is 1. The highest BCUT2D eigenvalue weighted by atomic mass is 32.1. The largest absolute Gasteiger partial charge is 0.507 e. The highest BCUT2D eigenvalue weighted by molar-refractivity contribution is 7.22. The van der Waals surface area contributed by atoms with Gasteiger partial charge in [0.05, 0.1) is 34.0 Å². The Morgan fingerprint density at radius 3 is 2.64 bits per heavy atom. The van der Waals surface area contributed by atoms with Crippen LogP contribution in [0.4, 0.5) is 5.13 Å². The summed E-state index contributed by atoms with van der Waals surface area (Å²) in [4.78, 5) is 47.8. The molecule has 0 aliphatic carbocycles. The van der Waals surface area contributed by atoms with Crippen molar-refractivity contribution in [2.45, 2.75) is 13.0 Å². The van der Waals surface area contributed by atoms with Crippen LogP contribution in [0, 0.1) is 0 Å². The molecule has 4 aromatic rings. The predicted octanol–water partition coefficient (Wildman–Crippen LogP) is 4.41. The number of amides is 1. The van der Waals surface area contributed by atoms with E-state index in [1.807, 2.05) is 6.92 Å². The lowest BCUT2D eigenvalue weighted by Crippen LogP contribution is -2.29. The molecule has 1 fully saturated rings. The molecule has 1 atom stereocenters. The molecular weight excluding hydrogens is 482 g/mol. The molecule has 2 N–H and O–H groups in total. The van der Waals surface area contributed by atoms with Gasteiger partial charge in [0.2, 0.25) is 0 Å². The fourth-order valence-corrected chi connectivity index (χ4v) is 5.12. The van der Waals surface area contributed by atoms with Gasteiger partial charge in [-0.15, -0.1) is 0 Å². The zero-order valence-corrected chi connectivity index (χ0v) is 19.7. The van der Waals surface area contributed by atoms with E-state index in [4.69, 9.17) is 4.74 Å². The van der Waals surface area contributed by atoms with Crippen LogP contribution in [-0.2, 0) is 9.59 Å². The van der Waals surface area contributed by atoms with Crippen LogP contribution in [0.15, 0.2) is 72.6 Å². The quantitative estimate of drug-likeness (QED) is 0.226. The van der Waals surface area contributed by atoms with Crippen molar-refractivity contribution in [2.24, 2.45) is 0 Å². The minimum Gasteiger partial charge on any atom is -0.507 e. The van der Waals surface area contributed by atoms with E-state index in [0.717, 1.165) is 11.3 Å². The molecule has 36 heavy (non-hydrogen) atoms. The van der Waals surface area contributed by atoms with Gasteiger partial charge in [-0.25, -0.2) is 9.78 Å². The zero-order valence-electron chi connectivity index (χ0n) is 18.9. The number of carboxylic acids is 1. The minimum atomic E-state index is -1.09. The second kappa shape index (κ2) is 9.23. The third-order valence-electron chi connectivity index (χ3n) is 5.69. The maximum absolute atomic E-state index is 13.3. The van der Waals surface area contributed by atoms with E-state index >= 15 is 0 Å². The summed E-state index contributed by atoms with van der Waals surface area (Å²) < 4.78 is 6.06. The molecule has 10 heteroatoms. The lowest BCUT2D eigenvalue weighted by Gasteiger charge is -2.22. The topological polar surface area (TPSA) is 130 Å². The number of hydrogen-bond acceptors (Lipinski definition) is 8. The summed E-state index contributed by atoms with van der Waals surface area (Å²) in [6, 6.07) is 13.4. The number of benzene rings is 2. The number of Topliss-reactive ketones (excluding diaryl/α,β-unsaturated/α-hetero) is 1. The number of ether oxygens (including phenoxy) is 1. The first kappa shape index (κ1) is 23.2. The van der Waals surface area contributed by atoms with Gasteiger partial charge in [-0.3, -0.25) is 19.5 Å². The monoisotopic (exact) mass is 501 g/mol. The van der Waals surface area contributed by atoms with Gasteiger partial charge in [0, 0.05) is 18.0 Å². The van der Waals surface area contributed by atoms with Crippen molar-refractivity contribution < 1.29 is 29.3 Å². The number of carbonyl (C=O) groups is 3. The van der Waals surface area contributed by atoms with Crippen molar-refractivity contribution in [1.82, 2.24) is 9.97 Å². The molecule has 1 saturated heterocycles. The molecule has 1 aliphatic heterocycles. The Labute approximate surface area is 208 Å². The number of aromatic carboxylic acids is 1. The highest BCUT2D eigenvalue weighted by Gasteiger charge is 2.48. The molecule has 1 unspecified atom stereocenters. The van der Waals surface area contributed by atoms with Crippen LogP contribution in [0.1, 0.15) is 34.5 Å². The fraction of sp³-hybridized carbons (Fsp3) is 0.115. The Morgan fingerprint density at radius 1 is 1.08 bits per heavy atom. The first-order chi connectivity index (χ1) is 17.4. The SMILES string of the molecule is CCOc1cccc(/C(O)=C2\C(=O)C(=O)N(c3nc4ccc(C(=O)O)cc4s3)C2c2cccnc2)c1. The summed E-state index contributed by atoms with van der Waals surface area (Å²) in [6.45, 7) is 2.25. The number of fused-ring (bicyclic) bond motifs is 1. The van der Waals surface area contributed by atoms with Crippen LogP contribution in [0.25, 0.3) is 16.0 Å². The van der Waals surface area contributed by atoms with E-state index in [1.54, 1.807) is 48.7 Å². The second-order valence-electron chi connectivity index (χ2n) is 7.90. The maximum atomic E-state index is 13.3. The highest BCUT2D eigenvalue weighted by Crippen LogP contribution is 2.44. The lowest BCUT2D eigenvalue weighted by atomic mass is 9.96. The normalized spacial score (nSPS) is 17.0. The first-order valence-electron chi connectivity index (χ1n) is 11.0. The maximum Gasteiger partial charge on any atom is 0.335 e. The number of aliphatic hydroxyl groups is 1. The number of carbonyl (C=O) groups excluding carboxylic acids is 2. The van der Waals surface area contributed by atoms with Gasteiger partial charge < -0.3 is 14.9 Å². The fourth-order valence-electron chi connectivity index (χ4n) is 4.09. The molecule has 5 rings (SSSR count). The molecule has 180 valence electrons. The van der Waals surface area contributed by atoms with E-state index < -0.39 is 23.7 Å². The summed E-state index contributed by atoms with van der Waals surface area (Å²) in [5.41, 5.74) is 1.29. The van der Waals surface area contributed by atoms with Crippen LogP contribution >= 0.6 is 11.3 Å². The Balaban J connectivity index is 1.69. The van der Waals surface area contributed by atoms with Gasteiger partial charge in [0.25, 0.3) is 5.78 Å². The molecule has 0 radical (unpaired) electrons. The number of thiazole rings is 1. The van der Waals surface area contributed by atoms with Crippen LogP contribution in [0.3, 0.4) is 0 Å². The van der Waals surface area contributed by atoms with Crippen molar-refractivity contribution in [2.75, 3.05) is 11.5 Å². The van der Waals surface area contributed by atoms with Crippen molar-refractivity contribution in [3.63, 3.8) is 0 Å². The number of hydrogen-bond donors (Lipinski definition) is 2. The van der Waals surface area contributed by atoms with Gasteiger partial charge in [-0.05, 0) is 48.9 Å². The van der Waals surface area contributed by atoms with E-state index in [1.165, 1.54) is 23.2 Å². The van der Waals surface area contributed by atoms with Gasteiger partial charge in [0.15, 0.2) is 5.13 Å². The smallest absolute Gasteiger partial charge is 0.335 e. The van der Waals surface area contributed by atoms with Gasteiger partial charge in [-0.2, -0.15) is 0 Å². The van der Waals surface area contributed by atoms with Gasteiger partial charge >= 0.3 is 11.9 Å². The second-order valence-corrected chi connectivity index (χ2v) is 8.91. The van der Waals surface area contributed by atoms with Crippen LogP contribution in [-0.4, -0.2) is 44.4 Å². The van der Waals surface area contributed by atoms with Crippen molar-refractivity contribution in [1.29, 1.82) is 0 Å². The van der Waals surface area contributed by atoms with Gasteiger partial charge in [0.1, 0.15) is 11.5 Å². The minimum absolute atomic E-state index is 0.0812. The van der Waals surface area contributed by atoms with Crippen LogP contribution < -0.4 is 9.64 Å². The summed E-state index contributed by atoms with van der Waals surface area (Å²) in [5, 5.41) is 20.8. The Hall–Kier alpha value is -4.57. The third-order valence-corrected chi connectivity index (χ3v) is 6.71. The number of anilines is 1. The molecule has 9 nitrogen and oxygen atoms in total. The molecule has 3 heterocycles. The van der Waals surface area contributed by atoms with Crippen LogP contribution in [0.2, 0.25) is 0 Å². The Morgan fingerprint density at radius 2 is 1.92 bits per heavy atom. The molecule has 0 bridgehead atoms. The molecule has 2 aromatic heterocycles. The Kier molecular flexibility index (Phi) is 5.95. The standard InChI is InChI=1S/C26H19N3O6S/c1-2-35-17-7-3-5-14(11-17)22(30)20-21(16-6-4-10-27-13-16)29(24(32)23(20)31)26-28-18-9-8-15(25(33)34)12-19(18)36-26/h3-13,21,30H,2H2,1H3,(H,33,34)/b22-20+. The average molecular weight is 502 g/mol. The predicted molar refractivity (Wildman–Crippen MR) is 133 cm³/mol. The summed E-state index contributed by atoms with van der Waals surface area (Å²) in [7, 11) is 0. The average Bonchev–Trinajstić information content (AvgIpc) is 3.42. The van der Waals surface area contributed by atoms with Gasteiger partial charge in [-0.1, -0.05) is 29.5 Å². The summed E-state index contributed by atoms with van der Waals surface area (Å²) in [6.07, 6.45) is 3.08. The molecular formula is C26H19N3O6S. The number of aromatic nitrogens is 2.